The zero-order chi connectivity index (χ0) is 24.3. The summed E-state index contributed by atoms with van der Waals surface area (Å²) in [5.41, 5.74) is 4.28. The number of ether oxygens (including phenoxy) is 1. The van der Waals surface area contributed by atoms with Crippen LogP contribution in [0.1, 0.15) is 81.6 Å². The first-order valence-corrected chi connectivity index (χ1v) is 10.5. The molecule has 0 aliphatic carbocycles. The summed E-state index contributed by atoms with van der Waals surface area (Å²) in [6.45, 7) is 17.1. The Labute approximate surface area is 182 Å². The number of amides is 4. The molecule has 178 valence electrons. The summed E-state index contributed by atoms with van der Waals surface area (Å²) in [5, 5.41) is 7.11. The van der Waals surface area contributed by atoms with Gasteiger partial charge >= 0.3 is 6.09 Å². The zero-order valence-corrected chi connectivity index (χ0v) is 20.3. The van der Waals surface area contributed by atoms with Crippen LogP contribution >= 0.6 is 0 Å². The van der Waals surface area contributed by atoms with E-state index in [4.69, 9.17) is 10.5 Å². The number of primary amides is 1. The van der Waals surface area contributed by atoms with Crippen LogP contribution in [-0.2, 0) is 19.1 Å². The van der Waals surface area contributed by atoms with Gasteiger partial charge in [-0.1, -0.05) is 54.4 Å². The second-order valence-electron chi connectivity index (χ2n) is 8.39. The molecular weight excluding hydrogens is 388 g/mol. The highest BCUT2D eigenvalue weighted by Crippen LogP contribution is 2.06. The predicted octanol–water partition coefficient (Wildman–Crippen LogP) is 2.48. The molecule has 4 amide bonds. The molecule has 0 bridgehead atoms. The molecule has 0 unspecified atom stereocenters. The van der Waals surface area contributed by atoms with E-state index in [-0.39, 0.29) is 13.1 Å². The van der Waals surface area contributed by atoms with E-state index in [2.05, 4.69) is 50.6 Å². The predicted molar refractivity (Wildman–Crippen MR) is 120 cm³/mol. The summed E-state index contributed by atoms with van der Waals surface area (Å²) in [6, 6.07) is -0.799. The highest BCUT2D eigenvalue weighted by molar-refractivity contribution is 5.91. The average Bonchev–Trinajstić information content (AvgIpc) is 2.56. The molecule has 0 aliphatic heterocycles. The van der Waals surface area contributed by atoms with Gasteiger partial charge in [0.05, 0.1) is 6.54 Å². The third kappa shape index (κ3) is 27.9. The topological polar surface area (TPSA) is 140 Å². The van der Waals surface area contributed by atoms with Crippen LogP contribution in [0.5, 0.6) is 0 Å². The van der Waals surface area contributed by atoms with Crippen LogP contribution in [0.3, 0.4) is 0 Å². The van der Waals surface area contributed by atoms with Crippen molar-refractivity contribution in [3.05, 3.63) is 0 Å². The monoisotopic (exact) mass is 432 g/mol. The van der Waals surface area contributed by atoms with E-state index in [0.29, 0.717) is 12.8 Å². The summed E-state index contributed by atoms with van der Waals surface area (Å²) in [7, 11) is 0. The maximum absolute atomic E-state index is 11.9. The largest absolute Gasteiger partial charge is 0.444 e. The molecule has 0 radical (unpaired) electrons. The minimum atomic E-state index is -0.799. The van der Waals surface area contributed by atoms with Gasteiger partial charge in [0.15, 0.2) is 0 Å². The molecule has 0 heterocycles. The maximum atomic E-state index is 11.9. The van der Waals surface area contributed by atoms with Gasteiger partial charge in [-0.25, -0.2) is 4.79 Å². The van der Waals surface area contributed by atoms with E-state index in [9.17, 15) is 19.2 Å². The van der Waals surface area contributed by atoms with Crippen LogP contribution in [0.25, 0.3) is 0 Å². The van der Waals surface area contributed by atoms with Crippen molar-refractivity contribution in [3.8, 4) is 0 Å². The number of nitrogens with two attached hydrogens (primary N) is 1. The second kappa shape index (κ2) is 18.7. The fourth-order valence-corrected chi connectivity index (χ4v) is 1.57. The first-order chi connectivity index (χ1) is 13.7. The van der Waals surface area contributed by atoms with Gasteiger partial charge in [0.2, 0.25) is 17.7 Å². The Balaban J connectivity index is -0.000000900. The number of carbonyl (C=O) groups is 4. The lowest BCUT2D eigenvalue weighted by molar-refractivity contribution is -0.129. The molecule has 0 aromatic carbocycles. The Bertz CT molecular complexity index is 499. The molecule has 0 aliphatic rings. The standard InChI is InChI=1S/C14H26N4O5.C4H10.C3H8/c1-5-6-9(12(21)16-7-10(15)19)18-11(20)8-17-13(22)23-14(2,3)4;1-4(2)3;1-3-2/h9H,5-8H2,1-4H3,(H2,15,19)(H,16,21)(H,17,22)(H,18,20);4H,1-3H3;3H2,1-2H3/t9-;;/m0../s1. The minimum absolute atomic E-state index is 0.301. The average molecular weight is 433 g/mol. The zero-order valence-electron chi connectivity index (χ0n) is 20.3. The summed E-state index contributed by atoms with van der Waals surface area (Å²) < 4.78 is 4.99. The fraction of sp³-hybridized carbons (Fsp3) is 0.810. The van der Waals surface area contributed by atoms with Gasteiger partial charge in [-0.2, -0.15) is 0 Å². The van der Waals surface area contributed by atoms with Crippen LogP contribution in [0, 0.1) is 5.92 Å². The molecule has 0 spiro atoms. The van der Waals surface area contributed by atoms with E-state index in [0.717, 1.165) is 5.92 Å². The number of alkyl carbamates (subject to hydrolysis) is 1. The summed E-state index contributed by atoms with van der Waals surface area (Å²) >= 11 is 0. The van der Waals surface area contributed by atoms with Crippen molar-refractivity contribution in [2.45, 2.75) is 93.2 Å². The van der Waals surface area contributed by atoms with Gasteiger partial charge in [0.25, 0.3) is 0 Å². The quantitative estimate of drug-likeness (QED) is 0.466. The molecule has 0 saturated carbocycles. The van der Waals surface area contributed by atoms with Crippen LogP contribution in [0.2, 0.25) is 0 Å². The summed E-state index contributed by atoms with van der Waals surface area (Å²) in [4.78, 5) is 45.7. The Kier molecular flexibility index (Phi) is 20.2. The molecule has 30 heavy (non-hydrogen) atoms. The van der Waals surface area contributed by atoms with Crippen molar-refractivity contribution in [3.63, 3.8) is 0 Å². The third-order valence-corrected chi connectivity index (χ3v) is 2.46. The van der Waals surface area contributed by atoms with Gasteiger partial charge < -0.3 is 26.4 Å². The molecule has 9 heteroatoms. The van der Waals surface area contributed by atoms with E-state index >= 15 is 0 Å². The number of hydrogen-bond donors (Lipinski definition) is 4. The van der Waals surface area contributed by atoms with Gasteiger partial charge in [0, 0.05) is 0 Å². The second-order valence-corrected chi connectivity index (χ2v) is 8.39. The van der Waals surface area contributed by atoms with Crippen LogP contribution in [0.4, 0.5) is 4.79 Å². The lowest BCUT2D eigenvalue weighted by Crippen LogP contribution is -2.50. The van der Waals surface area contributed by atoms with Gasteiger partial charge in [-0.15, -0.1) is 0 Å². The third-order valence-electron chi connectivity index (χ3n) is 2.46. The Hall–Kier alpha value is -2.32. The molecule has 5 N–H and O–H groups in total. The minimum Gasteiger partial charge on any atom is -0.444 e. The highest BCUT2D eigenvalue weighted by atomic mass is 16.6. The van der Waals surface area contributed by atoms with Crippen molar-refractivity contribution in [2.24, 2.45) is 11.7 Å². The van der Waals surface area contributed by atoms with Gasteiger partial charge in [-0.3, -0.25) is 14.4 Å². The molecule has 0 aromatic heterocycles. The highest BCUT2D eigenvalue weighted by Gasteiger charge is 2.21. The maximum Gasteiger partial charge on any atom is 0.408 e. The van der Waals surface area contributed by atoms with Crippen molar-refractivity contribution in [2.75, 3.05) is 13.1 Å². The molecule has 1 atom stereocenters. The lowest BCUT2D eigenvalue weighted by Gasteiger charge is -2.20. The molecule has 0 saturated heterocycles. The molecule has 9 nitrogen and oxygen atoms in total. The van der Waals surface area contributed by atoms with E-state index in [1.165, 1.54) is 6.42 Å². The van der Waals surface area contributed by atoms with Crippen molar-refractivity contribution in [1.29, 1.82) is 0 Å². The SMILES string of the molecule is CC(C)C.CCC.CCC[C@H](NC(=O)CNC(=O)OC(C)(C)C)C(=O)NCC(N)=O. The van der Waals surface area contributed by atoms with Crippen LogP contribution in [-0.4, -0.2) is 48.5 Å². The van der Waals surface area contributed by atoms with Crippen molar-refractivity contribution >= 4 is 23.8 Å². The number of nitrogens with one attached hydrogen (secondary N) is 3. The van der Waals surface area contributed by atoms with E-state index in [1.807, 2.05) is 6.92 Å². The van der Waals surface area contributed by atoms with Gasteiger partial charge in [-0.05, 0) is 33.1 Å². The molecule has 0 fully saturated rings. The number of carbonyl (C=O) groups excluding carboxylic acids is 4. The Morgan fingerprint density at radius 1 is 0.933 bits per heavy atom. The fourth-order valence-electron chi connectivity index (χ4n) is 1.57. The van der Waals surface area contributed by atoms with Crippen molar-refractivity contribution in [1.82, 2.24) is 16.0 Å². The number of rotatable bonds is 8. The number of hydrogen-bond acceptors (Lipinski definition) is 5. The van der Waals surface area contributed by atoms with Crippen LogP contribution < -0.4 is 21.7 Å². The lowest BCUT2D eigenvalue weighted by atomic mass is 10.1. The van der Waals surface area contributed by atoms with E-state index in [1.54, 1.807) is 20.8 Å². The molecule has 0 rings (SSSR count). The van der Waals surface area contributed by atoms with Gasteiger partial charge in [0.1, 0.15) is 18.2 Å². The van der Waals surface area contributed by atoms with Crippen molar-refractivity contribution < 1.29 is 23.9 Å². The molecular formula is C21H44N4O5. The first kappa shape index (κ1) is 32.3. The normalized spacial score (nSPS) is 11.0. The van der Waals surface area contributed by atoms with E-state index < -0.39 is 35.5 Å². The Morgan fingerprint density at radius 2 is 1.40 bits per heavy atom. The summed E-state index contributed by atoms with van der Waals surface area (Å²) in [6.07, 6.45) is 1.56. The molecule has 0 aromatic rings. The Morgan fingerprint density at radius 3 is 1.77 bits per heavy atom. The summed E-state index contributed by atoms with van der Waals surface area (Å²) in [5.74, 6) is -0.883. The first-order valence-electron chi connectivity index (χ1n) is 10.5. The van der Waals surface area contributed by atoms with Crippen LogP contribution in [0.15, 0.2) is 0 Å². The smallest absolute Gasteiger partial charge is 0.408 e.